The first-order chi connectivity index (χ1) is 15.7. The van der Waals surface area contributed by atoms with Gasteiger partial charge in [-0.1, -0.05) is 27.7 Å². The molecule has 0 amide bonds. The zero-order chi connectivity index (χ0) is 24.0. The molecule has 4 saturated carbocycles. The average Bonchev–Trinajstić information content (AvgIpc) is 3.10. The van der Waals surface area contributed by atoms with Crippen LogP contribution in [0.2, 0.25) is 0 Å². The van der Waals surface area contributed by atoms with Gasteiger partial charge in [0.2, 0.25) is 0 Å². The van der Waals surface area contributed by atoms with Crippen molar-refractivity contribution in [2.24, 2.45) is 46.3 Å². The molecule has 0 aromatic carbocycles. The molecule has 0 aromatic heterocycles. The monoisotopic (exact) mass is 463 g/mol. The van der Waals surface area contributed by atoms with Crippen molar-refractivity contribution in [2.75, 3.05) is 20.3 Å². The highest BCUT2D eigenvalue weighted by molar-refractivity contribution is 5.74. The van der Waals surface area contributed by atoms with Crippen LogP contribution < -0.4 is 5.32 Å². The first-order valence-electron chi connectivity index (χ1n) is 13.8. The standard InChI is InChI=1S/C28H49NO4/c1-7-33-24-16-27(4)18(14-23(24)30)8-9-19-20-10-11-21(26(31)32-6)28(20,5)15-22(25(19)27)29-13-12-17(2)3/h17-25,29-30H,7-16H2,1-6H3/t18-,19?,20?,21+,22+,23-,24-,25?,27-,28-/m0/s1. The summed E-state index contributed by atoms with van der Waals surface area (Å²) in [6.45, 7) is 13.2. The second kappa shape index (κ2) is 9.78. The zero-order valence-electron chi connectivity index (χ0n) is 21.9. The summed E-state index contributed by atoms with van der Waals surface area (Å²) in [4.78, 5) is 12.8. The van der Waals surface area contributed by atoms with Gasteiger partial charge in [0.1, 0.15) is 0 Å². The van der Waals surface area contributed by atoms with Crippen molar-refractivity contribution in [3.63, 3.8) is 0 Å². The van der Waals surface area contributed by atoms with E-state index in [2.05, 4.69) is 33.0 Å². The van der Waals surface area contributed by atoms with E-state index in [1.807, 2.05) is 6.92 Å². The molecule has 0 spiro atoms. The van der Waals surface area contributed by atoms with Gasteiger partial charge in [0.15, 0.2) is 0 Å². The highest BCUT2D eigenvalue weighted by atomic mass is 16.5. The molecule has 0 heterocycles. The SMILES string of the molecule is CCO[C@H]1C[C@]2(C)C3C(CC[C@H]2C[C@@H]1O)C1CC[C@H](C(=O)OC)[C@@]1(C)C[C@H]3NCCC(C)C. The molecule has 0 aromatic rings. The maximum absolute atomic E-state index is 12.8. The third-order valence-electron chi connectivity index (χ3n) is 10.6. The number of hydrogen-bond donors (Lipinski definition) is 2. The van der Waals surface area contributed by atoms with Crippen molar-refractivity contribution >= 4 is 5.97 Å². The van der Waals surface area contributed by atoms with Crippen molar-refractivity contribution in [1.82, 2.24) is 5.32 Å². The fourth-order valence-corrected chi connectivity index (χ4v) is 9.11. The Balaban J connectivity index is 1.67. The van der Waals surface area contributed by atoms with Gasteiger partial charge in [-0.3, -0.25) is 4.79 Å². The number of methoxy groups -OCH3 is 1. The predicted octanol–water partition coefficient (Wildman–Crippen LogP) is 4.81. The van der Waals surface area contributed by atoms with Crippen LogP contribution in [0.25, 0.3) is 0 Å². The highest BCUT2D eigenvalue weighted by Gasteiger charge is 2.65. The Hall–Kier alpha value is -0.650. The van der Waals surface area contributed by atoms with E-state index in [0.29, 0.717) is 42.2 Å². The van der Waals surface area contributed by atoms with Crippen LogP contribution in [0.3, 0.4) is 0 Å². The van der Waals surface area contributed by atoms with Crippen LogP contribution >= 0.6 is 0 Å². The van der Waals surface area contributed by atoms with Crippen LogP contribution in [0.5, 0.6) is 0 Å². The van der Waals surface area contributed by atoms with Crippen LogP contribution in [0.15, 0.2) is 0 Å². The fraction of sp³-hybridized carbons (Fsp3) is 0.964. The van der Waals surface area contributed by atoms with Crippen LogP contribution in [0.4, 0.5) is 0 Å². The van der Waals surface area contributed by atoms with Gasteiger partial charge in [-0.15, -0.1) is 0 Å². The summed E-state index contributed by atoms with van der Waals surface area (Å²) < 4.78 is 11.4. The van der Waals surface area contributed by atoms with E-state index in [9.17, 15) is 9.90 Å². The maximum Gasteiger partial charge on any atom is 0.309 e. The summed E-state index contributed by atoms with van der Waals surface area (Å²) >= 11 is 0. The smallest absolute Gasteiger partial charge is 0.309 e. The number of rotatable bonds is 7. The number of fused-ring (bicyclic) bond motifs is 5. The quantitative estimate of drug-likeness (QED) is 0.531. The molecule has 4 rings (SSSR count). The van der Waals surface area contributed by atoms with Gasteiger partial charge < -0.3 is 19.9 Å². The van der Waals surface area contributed by atoms with E-state index in [4.69, 9.17) is 9.47 Å². The van der Waals surface area contributed by atoms with Crippen LogP contribution in [0.1, 0.15) is 86.0 Å². The van der Waals surface area contributed by atoms with Gasteiger partial charge >= 0.3 is 5.97 Å². The molecule has 33 heavy (non-hydrogen) atoms. The van der Waals surface area contributed by atoms with Crippen molar-refractivity contribution in [3.05, 3.63) is 0 Å². The van der Waals surface area contributed by atoms with E-state index >= 15 is 0 Å². The normalized spacial score (nSPS) is 47.0. The van der Waals surface area contributed by atoms with Crippen molar-refractivity contribution in [3.8, 4) is 0 Å². The lowest BCUT2D eigenvalue weighted by atomic mass is 9.43. The first-order valence-corrected chi connectivity index (χ1v) is 13.8. The largest absolute Gasteiger partial charge is 0.469 e. The Bertz CT molecular complexity index is 697. The van der Waals surface area contributed by atoms with Gasteiger partial charge in [0, 0.05) is 12.6 Å². The second-order valence-corrected chi connectivity index (χ2v) is 12.7. The third-order valence-corrected chi connectivity index (χ3v) is 10.6. The first kappa shape index (κ1) is 25.4. The van der Waals surface area contributed by atoms with E-state index < -0.39 is 0 Å². The Morgan fingerprint density at radius 2 is 1.88 bits per heavy atom. The molecule has 3 unspecified atom stereocenters. The van der Waals surface area contributed by atoms with Gasteiger partial charge in [-0.05, 0) is 105 Å². The zero-order valence-corrected chi connectivity index (χ0v) is 21.9. The minimum absolute atomic E-state index is 0.00326. The van der Waals surface area contributed by atoms with E-state index in [1.165, 1.54) is 19.3 Å². The molecule has 5 nitrogen and oxygen atoms in total. The van der Waals surface area contributed by atoms with E-state index in [0.717, 1.165) is 38.6 Å². The molecule has 0 saturated heterocycles. The summed E-state index contributed by atoms with van der Waals surface area (Å²) in [6, 6.07) is 0.408. The highest BCUT2D eigenvalue weighted by Crippen LogP contribution is 2.67. The van der Waals surface area contributed by atoms with Gasteiger partial charge in [-0.2, -0.15) is 0 Å². The molecule has 5 heteroatoms. The molecular formula is C28H49NO4. The Morgan fingerprint density at radius 1 is 1.12 bits per heavy atom. The lowest BCUT2D eigenvalue weighted by Crippen LogP contribution is -2.64. The van der Waals surface area contributed by atoms with Crippen molar-refractivity contribution < 1.29 is 19.4 Å². The van der Waals surface area contributed by atoms with Gasteiger partial charge in [-0.25, -0.2) is 0 Å². The molecule has 0 radical (unpaired) electrons. The second-order valence-electron chi connectivity index (χ2n) is 12.7. The molecule has 4 aliphatic carbocycles. The molecule has 190 valence electrons. The number of nitrogens with one attached hydrogen (secondary N) is 1. The number of esters is 1. The summed E-state index contributed by atoms with van der Waals surface area (Å²) in [5, 5.41) is 14.9. The number of carbonyl (C=O) groups is 1. The minimum Gasteiger partial charge on any atom is -0.469 e. The molecule has 0 aliphatic heterocycles. The lowest BCUT2D eigenvalue weighted by molar-refractivity contribution is -0.182. The van der Waals surface area contributed by atoms with Gasteiger partial charge in [0.25, 0.3) is 0 Å². The number of aliphatic hydroxyl groups excluding tert-OH is 1. The number of ether oxygens (including phenoxy) is 2. The summed E-state index contributed by atoms with van der Waals surface area (Å²) in [5.74, 6) is 3.06. The summed E-state index contributed by atoms with van der Waals surface area (Å²) in [6.07, 6.45) is 8.22. The number of aliphatic hydroxyl groups is 1. The van der Waals surface area contributed by atoms with E-state index in [-0.39, 0.29) is 34.9 Å². The van der Waals surface area contributed by atoms with Crippen molar-refractivity contribution in [2.45, 2.75) is 104 Å². The number of carbonyl (C=O) groups excluding carboxylic acids is 1. The van der Waals surface area contributed by atoms with Crippen LogP contribution in [-0.4, -0.2) is 49.6 Å². The molecule has 0 bridgehead atoms. The molecular weight excluding hydrogens is 414 g/mol. The van der Waals surface area contributed by atoms with Crippen LogP contribution in [0, 0.1) is 46.3 Å². The average molecular weight is 464 g/mol. The minimum atomic E-state index is -0.337. The van der Waals surface area contributed by atoms with Crippen molar-refractivity contribution in [1.29, 1.82) is 0 Å². The lowest BCUT2D eigenvalue weighted by Gasteiger charge is -2.64. The fourth-order valence-electron chi connectivity index (χ4n) is 9.11. The topological polar surface area (TPSA) is 67.8 Å². The Morgan fingerprint density at radius 3 is 2.55 bits per heavy atom. The molecule has 2 N–H and O–H groups in total. The predicted molar refractivity (Wildman–Crippen MR) is 131 cm³/mol. The van der Waals surface area contributed by atoms with E-state index in [1.54, 1.807) is 7.11 Å². The number of hydrogen-bond acceptors (Lipinski definition) is 5. The van der Waals surface area contributed by atoms with Gasteiger partial charge in [0.05, 0.1) is 25.2 Å². The maximum atomic E-state index is 12.8. The molecule has 4 fully saturated rings. The Kier molecular flexibility index (Phi) is 7.54. The molecule has 4 aliphatic rings. The Labute approximate surface area is 201 Å². The summed E-state index contributed by atoms with van der Waals surface area (Å²) in [5.41, 5.74) is 0.183. The van der Waals surface area contributed by atoms with Crippen LogP contribution in [-0.2, 0) is 14.3 Å². The summed E-state index contributed by atoms with van der Waals surface area (Å²) in [7, 11) is 1.55. The molecule has 10 atom stereocenters. The third kappa shape index (κ3) is 4.40.